The standard InChI is InChI=1S/C15H12ClNO2/c1-19-15-5-3-2-4-11(15)6-7-14(18)12-8-9-17-10-13(12)16/h2-10H,1H3. The molecule has 0 aliphatic rings. The Balaban J connectivity index is 2.24. The molecule has 96 valence electrons. The maximum absolute atomic E-state index is 12.0. The molecule has 0 aliphatic heterocycles. The predicted molar refractivity (Wildman–Crippen MR) is 75.6 cm³/mol. The Kier molecular flexibility index (Phi) is 4.31. The van der Waals surface area contributed by atoms with Crippen LogP contribution in [0.3, 0.4) is 0 Å². The number of ether oxygens (including phenoxy) is 1. The van der Waals surface area contributed by atoms with Gasteiger partial charge in [-0.15, -0.1) is 0 Å². The van der Waals surface area contributed by atoms with E-state index in [1.54, 1.807) is 19.3 Å². The monoisotopic (exact) mass is 273 g/mol. The highest BCUT2D eigenvalue weighted by molar-refractivity contribution is 6.34. The molecular formula is C15H12ClNO2. The fourth-order valence-electron chi connectivity index (χ4n) is 1.63. The fraction of sp³-hybridized carbons (Fsp3) is 0.0667. The van der Waals surface area contributed by atoms with Crippen molar-refractivity contribution in [2.45, 2.75) is 0 Å². The highest BCUT2D eigenvalue weighted by Gasteiger charge is 2.06. The third-order valence-corrected chi connectivity index (χ3v) is 2.89. The summed E-state index contributed by atoms with van der Waals surface area (Å²) in [5.74, 6) is 0.547. The van der Waals surface area contributed by atoms with Crippen molar-refractivity contribution in [2.24, 2.45) is 0 Å². The molecule has 0 spiro atoms. The van der Waals surface area contributed by atoms with Crippen LogP contribution in [0.15, 0.2) is 48.8 Å². The van der Waals surface area contributed by atoms with Gasteiger partial charge < -0.3 is 4.74 Å². The van der Waals surface area contributed by atoms with E-state index in [4.69, 9.17) is 16.3 Å². The molecular weight excluding hydrogens is 262 g/mol. The maximum atomic E-state index is 12.0. The summed E-state index contributed by atoms with van der Waals surface area (Å²) in [7, 11) is 1.59. The summed E-state index contributed by atoms with van der Waals surface area (Å²) in [6.45, 7) is 0. The van der Waals surface area contributed by atoms with Crippen LogP contribution in [0.1, 0.15) is 15.9 Å². The Morgan fingerprint density at radius 1 is 1.32 bits per heavy atom. The number of hydrogen-bond donors (Lipinski definition) is 0. The van der Waals surface area contributed by atoms with Gasteiger partial charge >= 0.3 is 0 Å². The molecule has 2 aromatic rings. The first-order valence-electron chi connectivity index (χ1n) is 5.67. The smallest absolute Gasteiger partial charge is 0.187 e. The lowest BCUT2D eigenvalue weighted by atomic mass is 10.1. The van der Waals surface area contributed by atoms with Gasteiger partial charge in [-0.25, -0.2) is 0 Å². The Labute approximate surface area is 116 Å². The predicted octanol–water partition coefficient (Wildman–Crippen LogP) is 3.64. The maximum Gasteiger partial charge on any atom is 0.187 e. The van der Waals surface area contributed by atoms with E-state index in [2.05, 4.69) is 4.98 Å². The van der Waals surface area contributed by atoms with Crippen LogP contribution in [0.25, 0.3) is 6.08 Å². The number of aromatic nitrogens is 1. The van der Waals surface area contributed by atoms with Crippen molar-refractivity contribution in [2.75, 3.05) is 7.11 Å². The highest BCUT2D eigenvalue weighted by atomic mass is 35.5. The van der Waals surface area contributed by atoms with Crippen LogP contribution >= 0.6 is 11.6 Å². The van der Waals surface area contributed by atoms with E-state index in [0.717, 1.165) is 5.56 Å². The first-order valence-corrected chi connectivity index (χ1v) is 6.05. The molecule has 0 saturated heterocycles. The summed E-state index contributed by atoms with van der Waals surface area (Å²) in [6.07, 6.45) is 6.17. The zero-order chi connectivity index (χ0) is 13.7. The van der Waals surface area contributed by atoms with E-state index >= 15 is 0 Å². The fourth-order valence-corrected chi connectivity index (χ4v) is 1.85. The SMILES string of the molecule is COc1ccccc1C=CC(=O)c1ccncc1Cl. The van der Waals surface area contributed by atoms with Gasteiger partial charge in [0.25, 0.3) is 0 Å². The van der Waals surface area contributed by atoms with E-state index in [-0.39, 0.29) is 5.78 Å². The minimum atomic E-state index is -0.168. The number of para-hydroxylation sites is 1. The number of pyridine rings is 1. The Morgan fingerprint density at radius 3 is 2.84 bits per heavy atom. The van der Waals surface area contributed by atoms with Crippen molar-refractivity contribution in [1.82, 2.24) is 4.98 Å². The number of halogens is 1. The van der Waals surface area contributed by atoms with Crippen LogP contribution < -0.4 is 4.74 Å². The van der Waals surface area contributed by atoms with Gasteiger partial charge in [0.05, 0.1) is 12.1 Å². The Morgan fingerprint density at radius 2 is 2.11 bits per heavy atom. The number of carbonyl (C=O) groups excluding carboxylic acids is 1. The molecule has 1 aromatic heterocycles. The second kappa shape index (κ2) is 6.16. The van der Waals surface area contributed by atoms with Crippen LogP contribution in [-0.4, -0.2) is 17.9 Å². The van der Waals surface area contributed by atoms with Crippen LogP contribution in [0.4, 0.5) is 0 Å². The van der Waals surface area contributed by atoms with E-state index in [1.165, 1.54) is 18.5 Å². The number of allylic oxidation sites excluding steroid dienone is 1. The van der Waals surface area contributed by atoms with E-state index in [1.807, 2.05) is 24.3 Å². The molecule has 0 aliphatic carbocycles. The Hall–Kier alpha value is -2.13. The zero-order valence-corrected chi connectivity index (χ0v) is 11.1. The van der Waals surface area contributed by atoms with Crippen LogP contribution in [0.5, 0.6) is 5.75 Å². The molecule has 0 amide bonds. The number of ketones is 1. The molecule has 0 bridgehead atoms. The van der Waals surface area contributed by atoms with Gasteiger partial charge in [-0.1, -0.05) is 29.8 Å². The second-order valence-electron chi connectivity index (χ2n) is 3.80. The normalized spacial score (nSPS) is 10.6. The summed E-state index contributed by atoms with van der Waals surface area (Å²) in [5.41, 5.74) is 1.27. The minimum absolute atomic E-state index is 0.168. The average Bonchev–Trinajstić information content (AvgIpc) is 2.45. The lowest BCUT2D eigenvalue weighted by Crippen LogP contribution is -1.96. The highest BCUT2D eigenvalue weighted by Crippen LogP contribution is 2.20. The topological polar surface area (TPSA) is 39.2 Å². The van der Waals surface area contributed by atoms with E-state index < -0.39 is 0 Å². The quantitative estimate of drug-likeness (QED) is 0.631. The van der Waals surface area contributed by atoms with E-state index in [9.17, 15) is 4.79 Å². The molecule has 0 atom stereocenters. The van der Waals surface area contributed by atoms with Gasteiger partial charge in [0.15, 0.2) is 5.78 Å². The van der Waals surface area contributed by atoms with Crippen molar-refractivity contribution >= 4 is 23.5 Å². The minimum Gasteiger partial charge on any atom is -0.496 e. The Bertz CT molecular complexity index is 623. The van der Waals surface area contributed by atoms with Gasteiger partial charge in [-0.2, -0.15) is 0 Å². The average molecular weight is 274 g/mol. The van der Waals surface area contributed by atoms with Crippen LogP contribution in [-0.2, 0) is 0 Å². The largest absolute Gasteiger partial charge is 0.496 e. The molecule has 0 unspecified atom stereocenters. The number of nitrogens with zero attached hydrogens (tertiary/aromatic N) is 1. The second-order valence-corrected chi connectivity index (χ2v) is 4.20. The molecule has 4 heteroatoms. The summed E-state index contributed by atoms with van der Waals surface area (Å²) in [5, 5.41) is 0.345. The molecule has 3 nitrogen and oxygen atoms in total. The molecule has 1 aromatic carbocycles. The molecule has 0 fully saturated rings. The van der Waals surface area contributed by atoms with Gasteiger partial charge in [0, 0.05) is 23.5 Å². The number of methoxy groups -OCH3 is 1. The summed E-state index contributed by atoms with van der Waals surface area (Å²) >= 11 is 5.92. The van der Waals surface area contributed by atoms with Gasteiger partial charge in [0.2, 0.25) is 0 Å². The van der Waals surface area contributed by atoms with E-state index in [0.29, 0.717) is 16.3 Å². The van der Waals surface area contributed by atoms with Crippen molar-refractivity contribution in [3.05, 3.63) is 65.0 Å². The van der Waals surface area contributed by atoms with Crippen molar-refractivity contribution in [1.29, 1.82) is 0 Å². The lowest BCUT2D eigenvalue weighted by Gasteiger charge is -2.03. The first-order chi connectivity index (χ1) is 9.22. The molecule has 1 heterocycles. The van der Waals surface area contributed by atoms with Gasteiger partial charge in [0.1, 0.15) is 5.75 Å². The molecule has 0 saturated carbocycles. The number of hydrogen-bond acceptors (Lipinski definition) is 3. The number of rotatable bonds is 4. The first kappa shape index (κ1) is 13.3. The molecule has 0 N–H and O–H groups in total. The molecule has 19 heavy (non-hydrogen) atoms. The summed E-state index contributed by atoms with van der Waals surface area (Å²) in [6, 6.07) is 9.06. The van der Waals surface area contributed by atoms with Crippen molar-refractivity contribution in [3.8, 4) is 5.75 Å². The van der Waals surface area contributed by atoms with Crippen LogP contribution in [0.2, 0.25) is 5.02 Å². The third kappa shape index (κ3) is 3.20. The van der Waals surface area contributed by atoms with Crippen LogP contribution in [0, 0.1) is 0 Å². The lowest BCUT2D eigenvalue weighted by molar-refractivity contribution is 0.104. The number of benzene rings is 1. The zero-order valence-electron chi connectivity index (χ0n) is 10.3. The summed E-state index contributed by atoms with van der Waals surface area (Å²) < 4.78 is 5.21. The number of carbonyl (C=O) groups is 1. The third-order valence-electron chi connectivity index (χ3n) is 2.59. The van der Waals surface area contributed by atoms with Gasteiger partial charge in [-0.3, -0.25) is 9.78 Å². The molecule has 2 rings (SSSR count). The summed E-state index contributed by atoms with van der Waals surface area (Å²) in [4.78, 5) is 15.8. The molecule has 0 radical (unpaired) electrons. The van der Waals surface area contributed by atoms with Gasteiger partial charge in [-0.05, 0) is 24.3 Å². The van der Waals surface area contributed by atoms with Crippen molar-refractivity contribution < 1.29 is 9.53 Å². The van der Waals surface area contributed by atoms with Crippen molar-refractivity contribution in [3.63, 3.8) is 0 Å².